The average Bonchev–Trinajstić information content (AvgIpc) is 2.85. The van der Waals surface area contributed by atoms with Crippen molar-refractivity contribution in [3.63, 3.8) is 0 Å². The topological polar surface area (TPSA) is 112 Å². The summed E-state index contributed by atoms with van der Waals surface area (Å²) in [5.74, 6) is 0.497. The molecule has 0 saturated heterocycles. The van der Waals surface area contributed by atoms with Crippen molar-refractivity contribution in [2.24, 2.45) is 0 Å². The van der Waals surface area contributed by atoms with Crippen molar-refractivity contribution in [1.29, 1.82) is 0 Å². The third-order valence-corrected chi connectivity index (χ3v) is 4.04. The van der Waals surface area contributed by atoms with E-state index in [4.69, 9.17) is 14.6 Å². The molecule has 0 aliphatic carbocycles. The highest BCUT2D eigenvalue weighted by Crippen LogP contribution is 2.16. The molecule has 0 radical (unpaired) electrons. The summed E-state index contributed by atoms with van der Waals surface area (Å²) in [6.45, 7) is 3.46. The minimum atomic E-state index is -3.91. The molecular weight excluding hydrogens is 272 g/mol. The summed E-state index contributed by atoms with van der Waals surface area (Å²) >= 11 is 0. The lowest BCUT2D eigenvalue weighted by atomic mass is 10.1. The maximum atomic E-state index is 12.0. The van der Waals surface area contributed by atoms with E-state index >= 15 is 0 Å². The smallest absolute Gasteiger partial charge is 0.274 e. The summed E-state index contributed by atoms with van der Waals surface area (Å²) in [6.07, 6.45) is 0. The lowest BCUT2D eigenvalue weighted by molar-refractivity contribution is 0.121. The lowest BCUT2D eigenvalue weighted by Crippen LogP contribution is -2.51. The molecule has 0 bridgehead atoms. The maximum absolute atomic E-state index is 12.0. The first kappa shape index (κ1) is 16.1. The molecule has 0 amide bonds. The number of hydrogen-bond acceptors (Lipinski definition) is 6. The summed E-state index contributed by atoms with van der Waals surface area (Å²) in [4.78, 5) is 0. The molecule has 19 heavy (non-hydrogen) atoms. The minimum Gasteiger partial charge on any atom is -0.447 e. The molecule has 0 unspecified atom stereocenters. The Balaban J connectivity index is 2.85. The van der Waals surface area contributed by atoms with E-state index in [1.54, 1.807) is 6.07 Å². The predicted octanol–water partition coefficient (Wildman–Crippen LogP) is -0.589. The van der Waals surface area contributed by atoms with Crippen LogP contribution in [-0.2, 0) is 16.6 Å². The van der Waals surface area contributed by atoms with Crippen molar-refractivity contribution in [3.05, 3.63) is 17.9 Å². The second kappa shape index (κ2) is 6.49. The van der Waals surface area contributed by atoms with Gasteiger partial charge in [-0.05, 0) is 25.6 Å². The Morgan fingerprint density at radius 2 is 1.95 bits per heavy atom. The van der Waals surface area contributed by atoms with Crippen LogP contribution in [0.4, 0.5) is 0 Å². The zero-order valence-corrected chi connectivity index (χ0v) is 11.8. The fourth-order valence-corrected chi connectivity index (χ4v) is 2.68. The maximum Gasteiger partial charge on any atom is 0.274 e. The SMILES string of the molecule is CCNCc1ccc(S(=O)(=O)NC(C)(CO)CO)o1. The van der Waals surface area contributed by atoms with Gasteiger partial charge in [-0.25, -0.2) is 8.42 Å². The molecule has 0 fully saturated rings. The highest BCUT2D eigenvalue weighted by atomic mass is 32.2. The third-order valence-electron chi connectivity index (χ3n) is 2.53. The van der Waals surface area contributed by atoms with Crippen molar-refractivity contribution >= 4 is 10.0 Å². The molecule has 0 saturated carbocycles. The standard InChI is InChI=1S/C11H20N2O5S/c1-3-12-6-9-4-5-10(18-9)19(16,17)13-11(2,7-14)8-15/h4-5,12-15H,3,6-8H2,1-2H3. The summed E-state index contributed by atoms with van der Waals surface area (Å²) in [5, 5.41) is 20.9. The molecule has 1 heterocycles. The highest BCUT2D eigenvalue weighted by molar-refractivity contribution is 7.89. The Bertz CT molecular complexity index is 493. The molecule has 1 aromatic heterocycles. The number of rotatable bonds is 8. The second-order valence-corrected chi connectivity index (χ2v) is 6.10. The Kier molecular flexibility index (Phi) is 5.50. The van der Waals surface area contributed by atoms with Gasteiger partial charge in [0.05, 0.1) is 25.3 Å². The van der Waals surface area contributed by atoms with E-state index in [1.807, 2.05) is 6.92 Å². The Morgan fingerprint density at radius 1 is 1.32 bits per heavy atom. The fraction of sp³-hybridized carbons (Fsp3) is 0.636. The molecular formula is C11H20N2O5S. The molecule has 7 nitrogen and oxygen atoms in total. The predicted molar refractivity (Wildman–Crippen MR) is 69.0 cm³/mol. The van der Waals surface area contributed by atoms with Crippen LogP contribution < -0.4 is 10.0 Å². The first-order valence-corrected chi connectivity index (χ1v) is 7.40. The van der Waals surface area contributed by atoms with E-state index in [-0.39, 0.29) is 5.09 Å². The quantitative estimate of drug-likeness (QED) is 0.509. The molecule has 0 aliphatic heterocycles. The fourth-order valence-electron chi connectivity index (χ4n) is 1.34. The first-order valence-electron chi connectivity index (χ1n) is 5.92. The molecule has 110 valence electrons. The monoisotopic (exact) mass is 292 g/mol. The number of sulfonamides is 1. The zero-order chi connectivity index (χ0) is 14.5. The number of aliphatic hydroxyl groups is 2. The van der Waals surface area contributed by atoms with Gasteiger partial charge in [-0.1, -0.05) is 6.92 Å². The number of nitrogens with one attached hydrogen (secondary N) is 2. The van der Waals surface area contributed by atoms with E-state index < -0.39 is 28.8 Å². The Labute approximate surface area is 112 Å². The second-order valence-electron chi connectivity index (χ2n) is 4.48. The van der Waals surface area contributed by atoms with Gasteiger partial charge in [0, 0.05) is 0 Å². The van der Waals surface area contributed by atoms with Crippen LogP contribution in [0, 0.1) is 0 Å². The molecule has 8 heteroatoms. The van der Waals surface area contributed by atoms with Crippen molar-refractivity contribution < 1.29 is 23.0 Å². The molecule has 0 aliphatic rings. The largest absolute Gasteiger partial charge is 0.447 e. The van der Waals surface area contributed by atoms with Gasteiger partial charge >= 0.3 is 0 Å². The molecule has 0 spiro atoms. The number of furan rings is 1. The lowest BCUT2D eigenvalue weighted by Gasteiger charge is -2.24. The molecule has 4 N–H and O–H groups in total. The van der Waals surface area contributed by atoms with Crippen LogP contribution >= 0.6 is 0 Å². The Hall–Kier alpha value is -0.930. The van der Waals surface area contributed by atoms with Gasteiger partial charge < -0.3 is 19.9 Å². The Morgan fingerprint density at radius 3 is 2.47 bits per heavy atom. The van der Waals surface area contributed by atoms with E-state index in [0.29, 0.717) is 12.3 Å². The average molecular weight is 292 g/mol. The summed E-state index contributed by atoms with van der Waals surface area (Å²) < 4.78 is 31.4. The number of hydrogen-bond donors (Lipinski definition) is 4. The zero-order valence-electron chi connectivity index (χ0n) is 11.0. The normalized spacial score (nSPS) is 12.8. The van der Waals surface area contributed by atoms with E-state index in [2.05, 4.69) is 10.0 Å². The third kappa shape index (κ3) is 4.29. The van der Waals surface area contributed by atoms with Crippen LogP contribution in [0.3, 0.4) is 0 Å². The van der Waals surface area contributed by atoms with Crippen LogP contribution in [0.15, 0.2) is 21.6 Å². The summed E-state index contributed by atoms with van der Waals surface area (Å²) in [7, 11) is -3.91. The van der Waals surface area contributed by atoms with Crippen LogP contribution in [0.1, 0.15) is 19.6 Å². The van der Waals surface area contributed by atoms with Gasteiger partial charge in [-0.15, -0.1) is 0 Å². The molecule has 1 rings (SSSR count). The van der Waals surface area contributed by atoms with Crippen molar-refractivity contribution in [2.45, 2.75) is 31.0 Å². The van der Waals surface area contributed by atoms with Gasteiger partial charge in [0.15, 0.2) is 0 Å². The summed E-state index contributed by atoms with van der Waals surface area (Å²) in [6, 6.07) is 2.90. The van der Waals surface area contributed by atoms with Crippen molar-refractivity contribution in [2.75, 3.05) is 19.8 Å². The minimum absolute atomic E-state index is 0.242. The van der Waals surface area contributed by atoms with Crippen molar-refractivity contribution in [3.8, 4) is 0 Å². The number of aliphatic hydroxyl groups excluding tert-OH is 2. The summed E-state index contributed by atoms with van der Waals surface area (Å²) in [5.41, 5.74) is -1.33. The van der Waals surface area contributed by atoms with Gasteiger partial charge in [0.2, 0.25) is 5.09 Å². The van der Waals surface area contributed by atoms with Gasteiger partial charge in [-0.3, -0.25) is 0 Å². The van der Waals surface area contributed by atoms with Crippen molar-refractivity contribution in [1.82, 2.24) is 10.0 Å². The van der Waals surface area contributed by atoms with Crippen LogP contribution in [0.2, 0.25) is 0 Å². The first-order chi connectivity index (χ1) is 8.87. The van der Waals surface area contributed by atoms with Crippen LogP contribution in [0.25, 0.3) is 0 Å². The van der Waals surface area contributed by atoms with Gasteiger partial charge in [0.1, 0.15) is 5.76 Å². The van der Waals surface area contributed by atoms with Crippen LogP contribution in [-0.4, -0.2) is 43.9 Å². The van der Waals surface area contributed by atoms with E-state index in [1.165, 1.54) is 13.0 Å². The van der Waals surface area contributed by atoms with E-state index in [9.17, 15) is 8.42 Å². The van der Waals surface area contributed by atoms with Crippen LogP contribution in [0.5, 0.6) is 0 Å². The molecule has 0 atom stereocenters. The molecule has 1 aromatic rings. The van der Waals surface area contributed by atoms with Gasteiger partial charge in [-0.2, -0.15) is 4.72 Å². The van der Waals surface area contributed by atoms with E-state index in [0.717, 1.165) is 6.54 Å². The van der Waals surface area contributed by atoms with Gasteiger partial charge in [0.25, 0.3) is 10.0 Å². The molecule has 0 aromatic carbocycles. The highest BCUT2D eigenvalue weighted by Gasteiger charge is 2.31.